The van der Waals surface area contributed by atoms with Crippen LogP contribution in [0.5, 0.6) is 0 Å². The van der Waals surface area contributed by atoms with E-state index in [4.69, 9.17) is 0 Å². The molecule has 3 heteroatoms. The zero-order chi connectivity index (χ0) is 12.8. The van der Waals surface area contributed by atoms with Gasteiger partial charge in [-0.25, -0.2) is 4.98 Å². The smallest absolute Gasteiger partial charge is 0.109 e. The minimum Gasteiger partial charge on any atom is -0.305 e. The highest BCUT2D eigenvalue weighted by Crippen LogP contribution is 2.18. The first-order valence-electron chi connectivity index (χ1n) is 6.13. The van der Waals surface area contributed by atoms with Crippen LogP contribution in [0.4, 0.5) is 0 Å². The van der Waals surface area contributed by atoms with Crippen LogP contribution in [0.3, 0.4) is 0 Å². The summed E-state index contributed by atoms with van der Waals surface area (Å²) >= 11 is 1.75. The van der Waals surface area contributed by atoms with Crippen LogP contribution in [0.2, 0.25) is 0 Å². The highest BCUT2D eigenvalue weighted by atomic mass is 32.1. The first kappa shape index (κ1) is 13.0. The topological polar surface area (TPSA) is 24.9 Å². The third-order valence-electron chi connectivity index (χ3n) is 2.66. The van der Waals surface area contributed by atoms with Crippen LogP contribution in [0, 0.1) is 6.92 Å². The lowest BCUT2D eigenvalue weighted by atomic mass is 10.2. The molecule has 0 aliphatic carbocycles. The number of rotatable bonds is 5. The highest BCUT2D eigenvalue weighted by Gasteiger charge is 2.06. The minimum atomic E-state index is 0.309. The average Bonchev–Trinajstić information content (AvgIpc) is 2.82. The number of nitrogens with zero attached hydrogens (tertiary/aromatic N) is 1. The van der Waals surface area contributed by atoms with E-state index in [9.17, 15) is 0 Å². The van der Waals surface area contributed by atoms with E-state index in [1.54, 1.807) is 11.3 Å². The molecule has 0 bridgehead atoms. The fourth-order valence-electron chi connectivity index (χ4n) is 1.66. The van der Waals surface area contributed by atoms with Crippen molar-refractivity contribution >= 4 is 17.4 Å². The fraction of sp³-hybridized carbons (Fsp3) is 0.267. The van der Waals surface area contributed by atoms with E-state index in [-0.39, 0.29) is 0 Å². The lowest BCUT2D eigenvalue weighted by molar-refractivity contribution is 0.614. The normalized spacial score (nSPS) is 13.0. The molecule has 0 spiro atoms. The van der Waals surface area contributed by atoms with Crippen molar-refractivity contribution in [2.24, 2.45) is 0 Å². The van der Waals surface area contributed by atoms with Crippen molar-refractivity contribution in [2.45, 2.75) is 19.9 Å². The van der Waals surface area contributed by atoms with Gasteiger partial charge in [-0.05, 0) is 19.4 Å². The van der Waals surface area contributed by atoms with E-state index < -0.39 is 0 Å². The van der Waals surface area contributed by atoms with Crippen LogP contribution in [-0.2, 0) is 0 Å². The number of aromatic nitrogens is 1. The third kappa shape index (κ3) is 3.79. The number of hydrogen-bond acceptors (Lipinski definition) is 3. The van der Waals surface area contributed by atoms with Crippen molar-refractivity contribution in [1.82, 2.24) is 10.3 Å². The Kier molecular flexibility index (Phi) is 4.67. The molecule has 18 heavy (non-hydrogen) atoms. The standard InChI is InChI=1S/C15H18N2S/c1-12-11-17-15(18-12)13(2)16-10-6-9-14-7-4-3-5-8-14/h3-9,11,13,16H,10H2,1-2H3/b9-6+. The van der Waals surface area contributed by atoms with Gasteiger partial charge in [-0.15, -0.1) is 11.3 Å². The largest absolute Gasteiger partial charge is 0.305 e. The van der Waals surface area contributed by atoms with Crippen molar-refractivity contribution in [1.29, 1.82) is 0 Å². The summed E-state index contributed by atoms with van der Waals surface area (Å²) in [7, 11) is 0. The van der Waals surface area contributed by atoms with Gasteiger partial charge in [0.05, 0.1) is 6.04 Å². The predicted octanol–water partition coefficient (Wildman–Crippen LogP) is 3.82. The summed E-state index contributed by atoms with van der Waals surface area (Å²) in [4.78, 5) is 5.65. The number of hydrogen-bond donors (Lipinski definition) is 1. The van der Waals surface area contributed by atoms with E-state index in [2.05, 4.69) is 48.4 Å². The van der Waals surface area contributed by atoms with E-state index in [1.807, 2.05) is 24.4 Å². The molecule has 0 aliphatic rings. The number of benzene rings is 1. The molecule has 1 heterocycles. The Morgan fingerprint density at radius 1 is 1.33 bits per heavy atom. The molecule has 1 N–H and O–H groups in total. The van der Waals surface area contributed by atoms with Gasteiger partial charge in [-0.3, -0.25) is 0 Å². The van der Waals surface area contributed by atoms with Gasteiger partial charge in [0.15, 0.2) is 0 Å². The maximum absolute atomic E-state index is 4.38. The van der Waals surface area contributed by atoms with Crippen molar-refractivity contribution in [3.63, 3.8) is 0 Å². The molecule has 0 saturated heterocycles. The van der Waals surface area contributed by atoms with E-state index >= 15 is 0 Å². The van der Waals surface area contributed by atoms with Crippen LogP contribution >= 0.6 is 11.3 Å². The second kappa shape index (κ2) is 6.47. The lowest BCUT2D eigenvalue weighted by Crippen LogP contribution is -2.18. The summed E-state index contributed by atoms with van der Waals surface area (Å²) in [6, 6.07) is 10.6. The molecule has 1 aromatic carbocycles. The number of aryl methyl sites for hydroxylation is 1. The Morgan fingerprint density at radius 2 is 2.11 bits per heavy atom. The maximum Gasteiger partial charge on any atom is 0.109 e. The first-order valence-corrected chi connectivity index (χ1v) is 6.94. The van der Waals surface area contributed by atoms with Gasteiger partial charge in [-0.1, -0.05) is 42.5 Å². The third-order valence-corrected chi connectivity index (χ3v) is 3.76. The molecule has 2 rings (SSSR count). The summed E-state index contributed by atoms with van der Waals surface area (Å²) < 4.78 is 0. The Morgan fingerprint density at radius 3 is 2.78 bits per heavy atom. The van der Waals surface area contributed by atoms with Gasteiger partial charge in [0, 0.05) is 17.6 Å². The molecule has 2 aromatic rings. The van der Waals surface area contributed by atoms with Crippen LogP contribution in [0.25, 0.3) is 6.08 Å². The van der Waals surface area contributed by atoms with Crippen LogP contribution in [0.1, 0.15) is 28.4 Å². The van der Waals surface area contributed by atoms with Crippen molar-refractivity contribution in [3.05, 3.63) is 58.1 Å². The van der Waals surface area contributed by atoms with E-state index in [0.29, 0.717) is 6.04 Å². The predicted molar refractivity (Wildman–Crippen MR) is 78.7 cm³/mol. The molecule has 0 saturated carbocycles. The SMILES string of the molecule is Cc1cnc(C(C)NC/C=C/c2ccccc2)s1. The molecule has 2 nitrogen and oxygen atoms in total. The van der Waals surface area contributed by atoms with Crippen molar-refractivity contribution in [2.75, 3.05) is 6.54 Å². The Labute approximate surface area is 112 Å². The second-order valence-corrected chi connectivity index (χ2v) is 5.52. The maximum atomic E-state index is 4.38. The van der Waals surface area contributed by atoms with E-state index in [0.717, 1.165) is 11.6 Å². The summed E-state index contributed by atoms with van der Waals surface area (Å²) in [5.41, 5.74) is 1.23. The molecule has 1 aromatic heterocycles. The highest BCUT2D eigenvalue weighted by molar-refractivity contribution is 7.11. The molecule has 0 aliphatic heterocycles. The zero-order valence-corrected chi connectivity index (χ0v) is 11.6. The van der Waals surface area contributed by atoms with Crippen LogP contribution in [0.15, 0.2) is 42.6 Å². The Hall–Kier alpha value is -1.45. The second-order valence-electron chi connectivity index (χ2n) is 4.25. The minimum absolute atomic E-state index is 0.309. The quantitative estimate of drug-likeness (QED) is 0.882. The monoisotopic (exact) mass is 258 g/mol. The zero-order valence-electron chi connectivity index (χ0n) is 10.8. The molecule has 94 valence electrons. The molecular formula is C15H18N2S. The molecular weight excluding hydrogens is 240 g/mol. The number of thiazole rings is 1. The summed E-state index contributed by atoms with van der Waals surface area (Å²) in [5.74, 6) is 0. The average molecular weight is 258 g/mol. The summed E-state index contributed by atoms with van der Waals surface area (Å²) in [6.07, 6.45) is 6.21. The lowest BCUT2D eigenvalue weighted by Gasteiger charge is -2.08. The van der Waals surface area contributed by atoms with Crippen LogP contribution in [-0.4, -0.2) is 11.5 Å². The Balaban J connectivity index is 1.80. The molecule has 0 fully saturated rings. The van der Waals surface area contributed by atoms with Crippen LogP contribution < -0.4 is 5.32 Å². The van der Waals surface area contributed by atoms with Gasteiger partial charge < -0.3 is 5.32 Å². The van der Waals surface area contributed by atoms with E-state index in [1.165, 1.54) is 10.4 Å². The Bertz CT molecular complexity index is 502. The van der Waals surface area contributed by atoms with Gasteiger partial charge in [-0.2, -0.15) is 0 Å². The van der Waals surface area contributed by atoms with Gasteiger partial charge in [0.25, 0.3) is 0 Å². The van der Waals surface area contributed by atoms with Gasteiger partial charge in [0.1, 0.15) is 5.01 Å². The first-order chi connectivity index (χ1) is 8.75. The molecule has 0 amide bonds. The molecule has 0 radical (unpaired) electrons. The van der Waals surface area contributed by atoms with Crippen molar-refractivity contribution in [3.8, 4) is 0 Å². The summed E-state index contributed by atoms with van der Waals surface area (Å²) in [5, 5.41) is 4.60. The fourth-order valence-corrected chi connectivity index (χ4v) is 2.46. The molecule has 1 atom stereocenters. The van der Waals surface area contributed by atoms with Crippen molar-refractivity contribution < 1.29 is 0 Å². The van der Waals surface area contributed by atoms with Gasteiger partial charge in [0.2, 0.25) is 0 Å². The molecule has 1 unspecified atom stereocenters. The van der Waals surface area contributed by atoms with Gasteiger partial charge >= 0.3 is 0 Å². The summed E-state index contributed by atoms with van der Waals surface area (Å²) in [6.45, 7) is 5.09. The number of nitrogens with one attached hydrogen (secondary N) is 1.